The van der Waals surface area contributed by atoms with Crippen LogP contribution < -0.4 is 10.3 Å². The lowest BCUT2D eigenvalue weighted by Gasteiger charge is -2.11. The molecule has 3 rings (SSSR count). The number of benzene rings is 2. The van der Waals surface area contributed by atoms with Gasteiger partial charge in [0.15, 0.2) is 0 Å². The van der Waals surface area contributed by atoms with Gasteiger partial charge >= 0.3 is 0 Å². The summed E-state index contributed by atoms with van der Waals surface area (Å²) >= 11 is 12.2. The highest BCUT2D eigenvalue weighted by atomic mass is 35.5. The van der Waals surface area contributed by atoms with Gasteiger partial charge in [-0.2, -0.15) is 10.2 Å². The Labute approximate surface area is 178 Å². The predicted molar refractivity (Wildman–Crippen MR) is 117 cm³/mol. The summed E-state index contributed by atoms with van der Waals surface area (Å²) in [7, 11) is 3.94. The topological polar surface area (TPSA) is 73.4 Å². The number of nitrogens with zero attached hydrogens (tertiary/aromatic N) is 3. The average Bonchev–Trinajstić information content (AvgIpc) is 3.14. The van der Waals surface area contributed by atoms with Crippen LogP contribution in [0.25, 0.3) is 11.3 Å². The maximum absolute atomic E-state index is 12.2. The fraction of sp³-hybridized carbons (Fsp3) is 0.105. The summed E-state index contributed by atoms with van der Waals surface area (Å²) < 4.78 is 0. The Balaban J connectivity index is 0.00000280. The molecule has 1 heterocycles. The van der Waals surface area contributed by atoms with Gasteiger partial charge in [0.2, 0.25) is 0 Å². The molecule has 0 radical (unpaired) electrons. The van der Waals surface area contributed by atoms with Crippen LogP contribution in [0.15, 0.2) is 53.6 Å². The minimum Gasteiger partial charge on any atom is -0.378 e. The second-order valence-electron chi connectivity index (χ2n) is 5.98. The van der Waals surface area contributed by atoms with Crippen molar-refractivity contribution in [3.63, 3.8) is 0 Å². The third-order valence-corrected chi connectivity index (χ3v) is 4.38. The van der Waals surface area contributed by atoms with Crippen molar-refractivity contribution in [2.45, 2.75) is 0 Å². The molecule has 0 aliphatic rings. The standard InChI is InChI=1S/C19H17Cl2N5O.ClH/c1-26(2)14-6-3-12(4-7-14)11-22-25-19(27)18-10-17(23-24-18)15-9-13(20)5-8-16(15)21;/h3-11H,1-2H3,(H,23,24)(H,25,27);1H. The number of amides is 1. The monoisotopic (exact) mass is 437 g/mol. The predicted octanol–water partition coefficient (Wildman–Crippen LogP) is 4.64. The fourth-order valence-electron chi connectivity index (χ4n) is 2.35. The summed E-state index contributed by atoms with van der Waals surface area (Å²) in [6.45, 7) is 0. The van der Waals surface area contributed by atoms with Crippen LogP contribution in [0.1, 0.15) is 16.1 Å². The van der Waals surface area contributed by atoms with Gasteiger partial charge in [-0.25, -0.2) is 5.43 Å². The van der Waals surface area contributed by atoms with Gasteiger partial charge < -0.3 is 4.90 Å². The molecule has 0 aliphatic heterocycles. The van der Waals surface area contributed by atoms with Crippen LogP contribution in [0.4, 0.5) is 5.69 Å². The van der Waals surface area contributed by atoms with E-state index in [4.69, 9.17) is 23.2 Å². The SMILES string of the molecule is CN(C)c1ccc(C=NNC(=O)c2cc(-c3cc(Cl)ccc3Cl)n[nH]2)cc1.Cl. The number of hydrazone groups is 1. The molecule has 0 saturated carbocycles. The highest BCUT2D eigenvalue weighted by Gasteiger charge is 2.13. The molecule has 3 aromatic rings. The molecule has 146 valence electrons. The minimum atomic E-state index is -0.409. The Morgan fingerprint density at radius 2 is 1.86 bits per heavy atom. The zero-order valence-electron chi connectivity index (χ0n) is 15.1. The highest BCUT2D eigenvalue weighted by molar-refractivity contribution is 6.35. The maximum atomic E-state index is 12.2. The number of H-pyrrole nitrogens is 1. The molecule has 0 unspecified atom stereocenters. The summed E-state index contributed by atoms with van der Waals surface area (Å²) in [5.41, 5.74) is 5.85. The van der Waals surface area contributed by atoms with Crippen LogP contribution in [-0.4, -0.2) is 36.4 Å². The summed E-state index contributed by atoms with van der Waals surface area (Å²) in [6.07, 6.45) is 1.57. The zero-order valence-corrected chi connectivity index (χ0v) is 17.4. The van der Waals surface area contributed by atoms with Crippen LogP contribution in [0, 0.1) is 0 Å². The van der Waals surface area contributed by atoms with Crippen LogP contribution in [0.3, 0.4) is 0 Å². The first kappa shape index (κ1) is 21.8. The number of hydrogen-bond donors (Lipinski definition) is 2. The quantitative estimate of drug-likeness (QED) is 0.450. The van der Waals surface area contributed by atoms with Gasteiger partial charge in [0.25, 0.3) is 5.91 Å². The smallest absolute Gasteiger partial charge is 0.289 e. The lowest BCUT2D eigenvalue weighted by Crippen LogP contribution is -2.18. The average molecular weight is 439 g/mol. The number of nitrogens with one attached hydrogen (secondary N) is 2. The van der Waals surface area contributed by atoms with E-state index in [0.717, 1.165) is 11.3 Å². The van der Waals surface area contributed by atoms with Gasteiger partial charge in [0.05, 0.1) is 16.9 Å². The number of carbonyl (C=O) groups excluding carboxylic acids is 1. The van der Waals surface area contributed by atoms with Crippen LogP contribution in [0.5, 0.6) is 0 Å². The van der Waals surface area contributed by atoms with Gasteiger partial charge in [0, 0.05) is 30.4 Å². The van der Waals surface area contributed by atoms with Crippen LogP contribution >= 0.6 is 35.6 Å². The maximum Gasteiger partial charge on any atom is 0.289 e. The molecule has 0 spiro atoms. The second-order valence-corrected chi connectivity index (χ2v) is 6.82. The van der Waals surface area contributed by atoms with E-state index in [0.29, 0.717) is 21.3 Å². The molecule has 6 nitrogen and oxygen atoms in total. The van der Waals surface area contributed by atoms with Crippen molar-refractivity contribution in [1.29, 1.82) is 0 Å². The molecular formula is C19H18Cl3N5O. The summed E-state index contributed by atoms with van der Waals surface area (Å²) in [5.74, 6) is -0.409. The number of aromatic amines is 1. The number of hydrogen-bond acceptors (Lipinski definition) is 4. The van der Waals surface area contributed by atoms with E-state index in [2.05, 4.69) is 20.7 Å². The minimum absolute atomic E-state index is 0. The van der Waals surface area contributed by atoms with Crippen molar-refractivity contribution >= 4 is 53.4 Å². The molecule has 1 amide bonds. The van der Waals surface area contributed by atoms with E-state index >= 15 is 0 Å². The first-order chi connectivity index (χ1) is 12.9. The number of anilines is 1. The molecule has 0 fully saturated rings. The molecule has 1 aromatic heterocycles. The van der Waals surface area contributed by atoms with Gasteiger partial charge in [-0.3, -0.25) is 9.89 Å². The van der Waals surface area contributed by atoms with E-state index in [1.807, 2.05) is 43.3 Å². The Hall–Kier alpha value is -2.54. The molecule has 9 heteroatoms. The van der Waals surface area contributed by atoms with E-state index in [1.165, 1.54) is 0 Å². The highest BCUT2D eigenvalue weighted by Crippen LogP contribution is 2.29. The molecule has 28 heavy (non-hydrogen) atoms. The summed E-state index contributed by atoms with van der Waals surface area (Å²) in [4.78, 5) is 14.2. The fourth-order valence-corrected chi connectivity index (χ4v) is 2.74. The Bertz CT molecular complexity index is 983. The molecule has 2 N–H and O–H groups in total. The van der Waals surface area contributed by atoms with Crippen molar-refractivity contribution in [3.8, 4) is 11.3 Å². The zero-order chi connectivity index (χ0) is 19.4. The molecule has 0 aliphatic carbocycles. The number of rotatable bonds is 5. The summed E-state index contributed by atoms with van der Waals surface area (Å²) in [6, 6.07) is 14.4. The lowest BCUT2D eigenvalue weighted by molar-refractivity contribution is 0.0950. The van der Waals surface area contributed by atoms with Crippen molar-refractivity contribution < 1.29 is 4.79 Å². The van der Waals surface area contributed by atoms with Gasteiger partial charge in [-0.1, -0.05) is 35.3 Å². The van der Waals surface area contributed by atoms with E-state index in [1.54, 1.807) is 30.5 Å². The van der Waals surface area contributed by atoms with E-state index < -0.39 is 5.91 Å². The number of halogens is 3. The third-order valence-electron chi connectivity index (χ3n) is 3.82. The largest absolute Gasteiger partial charge is 0.378 e. The van der Waals surface area contributed by atoms with Gasteiger partial charge in [-0.05, 0) is 42.0 Å². The van der Waals surface area contributed by atoms with Crippen molar-refractivity contribution in [3.05, 3.63) is 69.8 Å². The first-order valence-electron chi connectivity index (χ1n) is 8.05. The molecule has 0 bridgehead atoms. The van der Waals surface area contributed by atoms with Gasteiger partial charge in [-0.15, -0.1) is 12.4 Å². The Kier molecular flexibility index (Phi) is 7.45. The second kappa shape index (κ2) is 9.59. The normalized spacial score (nSPS) is 10.6. The van der Waals surface area contributed by atoms with Crippen LogP contribution in [-0.2, 0) is 0 Å². The molecule has 0 saturated heterocycles. The van der Waals surface area contributed by atoms with Crippen LogP contribution in [0.2, 0.25) is 10.0 Å². The van der Waals surface area contributed by atoms with Crippen molar-refractivity contribution in [2.24, 2.45) is 5.10 Å². The van der Waals surface area contributed by atoms with Crippen molar-refractivity contribution in [2.75, 3.05) is 19.0 Å². The van der Waals surface area contributed by atoms with Crippen molar-refractivity contribution in [1.82, 2.24) is 15.6 Å². The molecule has 2 aromatic carbocycles. The van der Waals surface area contributed by atoms with Gasteiger partial charge in [0.1, 0.15) is 5.69 Å². The third kappa shape index (κ3) is 5.25. The number of carbonyl (C=O) groups is 1. The van der Waals surface area contributed by atoms with E-state index in [-0.39, 0.29) is 18.1 Å². The number of aromatic nitrogens is 2. The molecule has 0 atom stereocenters. The Morgan fingerprint density at radius 3 is 2.54 bits per heavy atom. The first-order valence-corrected chi connectivity index (χ1v) is 8.81. The molecular weight excluding hydrogens is 421 g/mol. The van der Waals surface area contributed by atoms with E-state index in [9.17, 15) is 4.79 Å². The lowest BCUT2D eigenvalue weighted by atomic mass is 10.1. The Morgan fingerprint density at radius 1 is 1.14 bits per heavy atom. The summed E-state index contributed by atoms with van der Waals surface area (Å²) in [5, 5.41) is 11.8.